The zero-order valence-electron chi connectivity index (χ0n) is 15.7. The number of benzene rings is 2. The van der Waals surface area contributed by atoms with Gasteiger partial charge in [0.25, 0.3) is 11.8 Å². The summed E-state index contributed by atoms with van der Waals surface area (Å²) in [7, 11) is 1.54. The third-order valence-electron chi connectivity index (χ3n) is 4.47. The fraction of sp³-hybridized carbons (Fsp3) is 0.0455. The van der Waals surface area contributed by atoms with Crippen molar-refractivity contribution in [2.24, 2.45) is 0 Å². The summed E-state index contributed by atoms with van der Waals surface area (Å²) >= 11 is 5.18. The number of ether oxygens (including phenoxy) is 1. The average molecular weight is 422 g/mol. The van der Waals surface area contributed by atoms with Gasteiger partial charge in [0.05, 0.1) is 12.8 Å². The Labute approximate surface area is 176 Å². The third kappa shape index (κ3) is 3.72. The van der Waals surface area contributed by atoms with Crippen LogP contribution in [-0.2, 0) is 9.59 Å². The van der Waals surface area contributed by atoms with Crippen LogP contribution in [0.2, 0.25) is 0 Å². The molecule has 0 radical (unpaired) electrons. The molecular weight excluding hydrogens is 407 g/mol. The van der Waals surface area contributed by atoms with Gasteiger partial charge in [-0.05, 0) is 79.0 Å². The molecule has 1 aromatic heterocycles. The van der Waals surface area contributed by atoms with Crippen LogP contribution in [0.1, 0.15) is 5.76 Å². The van der Waals surface area contributed by atoms with Gasteiger partial charge in [0.2, 0.25) is 0 Å². The number of rotatable bonds is 4. The Morgan fingerprint density at radius 1 is 1.03 bits per heavy atom. The van der Waals surface area contributed by atoms with E-state index in [9.17, 15) is 14.0 Å². The molecule has 1 N–H and O–H groups in total. The number of hydrogen-bond acceptors (Lipinski definition) is 5. The number of halogens is 1. The van der Waals surface area contributed by atoms with Crippen LogP contribution in [0.15, 0.2) is 70.7 Å². The van der Waals surface area contributed by atoms with Crippen molar-refractivity contribution < 1.29 is 23.1 Å². The number of anilines is 1. The Kier molecular flexibility index (Phi) is 5.16. The maximum Gasteiger partial charge on any atom is 0.270 e. The normalized spacial score (nSPS) is 15.5. The van der Waals surface area contributed by atoms with Crippen molar-refractivity contribution in [2.45, 2.75) is 0 Å². The topological polar surface area (TPSA) is 71.8 Å². The zero-order valence-corrected chi connectivity index (χ0v) is 16.5. The number of thiocarbonyl (C=S) groups is 1. The molecular formula is C22H15FN2O4S. The number of carbonyl (C=O) groups excluding carboxylic acids is 2. The van der Waals surface area contributed by atoms with E-state index >= 15 is 0 Å². The van der Waals surface area contributed by atoms with Crippen LogP contribution in [-0.4, -0.2) is 24.0 Å². The highest BCUT2D eigenvalue weighted by molar-refractivity contribution is 7.80. The van der Waals surface area contributed by atoms with Crippen molar-refractivity contribution in [3.05, 3.63) is 77.8 Å². The van der Waals surface area contributed by atoms with Crippen LogP contribution >= 0.6 is 12.2 Å². The van der Waals surface area contributed by atoms with Gasteiger partial charge in [-0.1, -0.05) is 0 Å². The summed E-state index contributed by atoms with van der Waals surface area (Å²) in [6.07, 6.45) is 1.35. The fourth-order valence-corrected chi connectivity index (χ4v) is 3.25. The highest BCUT2D eigenvalue weighted by Crippen LogP contribution is 2.27. The van der Waals surface area contributed by atoms with E-state index in [-0.39, 0.29) is 16.5 Å². The summed E-state index contributed by atoms with van der Waals surface area (Å²) in [5, 5.41) is 2.50. The largest absolute Gasteiger partial charge is 0.497 e. The molecule has 1 saturated heterocycles. The second kappa shape index (κ2) is 7.92. The van der Waals surface area contributed by atoms with Gasteiger partial charge in [0.1, 0.15) is 28.7 Å². The molecule has 0 unspecified atom stereocenters. The van der Waals surface area contributed by atoms with E-state index in [2.05, 4.69) is 5.32 Å². The summed E-state index contributed by atoms with van der Waals surface area (Å²) < 4.78 is 23.9. The van der Waals surface area contributed by atoms with E-state index in [1.54, 1.807) is 48.5 Å². The number of methoxy groups -OCH3 is 1. The Balaban J connectivity index is 1.65. The first-order valence-corrected chi connectivity index (χ1v) is 9.28. The lowest BCUT2D eigenvalue weighted by Crippen LogP contribution is -2.54. The molecule has 0 spiro atoms. The number of carbonyl (C=O) groups is 2. The molecule has 8 heteroatoms. The van der Waals surface area contributed by atoms with Crippen LogP contribution in [0.4, 0.5) is 10.1 Å². The van der Waals surface area contributed by atoms with Crippen molar-refractivity contribution in [3.63, 3.8) is 0 Å². The summed E-state index contributed by atoms with van der Waals surface area (Å²) in [4.78, 5) is 26.6. The molecule has 0 saturated carbocycles. The number of furan rings is 1. The van der Waals surface area contributed by atoms with Crippen LogP contribution in [0.25, 0.3) is 17.4 Å². The van der Waals surface area contributed by atoms with E-state index in [1.165, 1.54) is 30.2 Å². The Bertz CT molecular complexity index is 1170. The fourth-order valence-electron chi connectivity index (χ4n) is 2.97. The molecule has 150 valence electrons. The molecule has 2 amide bonds. The minimum Gasteiger partial charge on any atom is -0.497 e. The molecule has 30 heavy (non-hydrogen) atoms. The average Bonchev–Trinajstić information content (AvgIpc) is 3.21. The maximum atomic E-state index is 13.1. The summed E-state index contributed by atoms with van der Waals surface area (Å²) in [5.74, 6) is -0.143. The van der Waals surface area contributed by atoms with Gasteiger partial charge in [-0.2, -0.15) is 0 Å². The lowest BCUT2D eigenvalue weighted by atomic mass is 10.1. The highest BCUT2D eigenvalue weighted by atomic mass is 32.1. The lowest BCUT2D eigenvalue weighted by molar-refractivity contribution is -0.122. The summed E-state index contributed by atoms with van der Waals surface area (Å²) in [6, 6.07) is 15.8. The minimum absolute atomic E-state index is 0.0150. The third-order valence-corrected chi connectivity index (χ3v) is 4.76. The van der Waals surface area contributed by atoms with Gasteiger partial charge >= 0.3 is 0 Å². The molecule has 1 fully saturated rings. The first kappa shape index (κ1) is 19.5. The monoisotopic (exact) mass is 422 g/mol. The van der Waals surface area contributed by atoms with E-state index in [0.717, 1.165) is 0 Å². The van der Waals surface area contributed by atoms with E-state index in [1.807, 2.05) is 0 Å². The van der Waals surface area contributed by atoms with Crippen molar-refractivity contribution in [2.75, 3.05) is 12.0 Å². The molecule has 3 aromatic rings. The minimum atomic E-state index is -0.616. The van der Waals surface area contributed by atoms with Crippen molar-refractivity contribution >= 4 is 40.9 Å². The van der Waals surface area contributed by atoms with Crippen molar-refractivity contribution in [1.82, 2.24) is 5.32 Å². The molecule has 0 atom stereocenters. The molecule has 2 aromatic carbocycles. The Hall–Kier alpha value is -3.78. The second-order valence-corrected chi connectivity index (χ2v) is 6.75. The molecule has 0 aliphatic carbocycles. The van der Waals surface area contributed by atoms with Crippen LogP contribution in [0.3, 0.4) is 0 Å². The number of amides is 2. The van der Waals surface area contributed by atoms with Gasteiger partial charge in [0, 0.05) is 5.56 Å². The molecule has 1 aliphatic rings. The lowest BCUT2D eigenvalue weighted by Gasteiger charge is -2.28. The first-order chi connectivity index (χ1) is 14.5. The molecule has 6 nitrogen and oxygen atoms in total. The van der Waals surface area contributed by atoms with E-state index in [4.69, 9.17) is 21.4 Å². The standard InChI is InChI=1S/C22H15FN2O4S/c1-28-16-8-6-15(7-9-16)25-21(27)18(20(26)24-22(25)30)12-17-10-11-19(29-17)13-2-4-14(23)5-3-13/h2-12H,1H3,(H,24,26,30)/b18-12+. The van der Waals surface area contributed by atoms with Gasteiger partial charge < -0.3 is 9.15 Å². The molecule has 2 heterocycles. The Morgan fingerprint density at radius 2 is 1.73 bits per heavy atom. The molecule has 0 bridgehead atoms. The van der Waals surface area contributed by atoms with Crippen molar-refractivity contribution in [1.29, 1.82) is 0 Å². The summed E-state index contributed by atoms with van der Waals surface area (Å²) in [5.41, 5.74) is 1.03. The van der Waals surface area contributed by atoms with Crippen LogP contribution in [0.5, 0.6) is 5.75 Å². The second-order valence-electron chi connectivity index (χ2n) is 6.36. The van der Waals surface area contributed by atoms with Gasteiger partial charge in [-0.3, -0.25) is 19.8 Å². The van der Waals surface area contributed by atoms with Gasteiger partial charge in [-0.25, -0.2) is 4.39 Å². The maximum absolute atomic E-state index is 13.1. The summed E-state index contributed by atoms with van der Waals surface area (Å²) in [6.45, 7) is 0. The quantitative estimate of drug-likeness (QED) is 0.392. The molecule has 4 rings (SSSR count). The number of nitrogens with one attached hydrogen (secondary N) is 1. The smallest absolute Gasteiger partial charge is 0.270 e. The molecule has 1 aliphatic heterocycles. The zero-order chi connectivity index (χ0) is 21.3. The van der Waals surface area contributed by atoms with Gasteiger partial charge in [-0.15, -0.1) is 0 Å². The van der Waals surface area contributed by atoms with Gasteiger partial charge in [0.15, 0.2) is 5.11 Å². The number of nitrogens with zero attached hydrogens (tertiary/aromatic N) is 1. The Morgan fingerprint density at radius 3 is 2.40 bits per heavy atom. The predicted molar refractivity (Wildman–Crippen MR) is 113 cm³/mol. The van der Waals surface area contributed by atoms with Crippen molar-refractivity contribution in [3.8, 4) is 17.1 Å². The van der Waals surface area contributed by atoms with Crippen LogP contribution in [0, 0.1) is 5.82 Å². The SMILES string of the molecule is COc1ccc(N2C(=O)/C(=C/c3ccc(-c4ccc(F)cc4)o3)C(=O)NC2=S)cc1. The van der Waals surface area contributed by atoms with E-state index in [0.29, 0.717) is 28.5 Å². The highest BCUT2D eigenvalue weighted by Gasteiger charge is 2.34. The van der Waals surface area contributed by atoms with Crippen LogP contribution < -0.4 is 15.0 Å². The van der Waals surface area contributed by atoms with E-state index < -0.39 is 11.8 Å². The first-order valence-electron chi connectivity index (χ1n) is 8.87. The number of hydrogen-bond donors (Lipinski definition) is 1. The predicted octanol–water partition coefficient (Wildman–Crippen LogP) is 3.93.